The number of hydrogen-bond acceptors (Lipinski definition) is 9. The fourth-order valence-electron chi connectivity index (χ4n) is 2.67. The molecule has 0 aromatic carbocycles. The van der Waals surface area contributed by atoms with Crippen LogP contribution in [-0.4, -0.2) is 82.5 Å². The summed E-state index contributed by atoms with van der Waals surface area (Å²) in [7, 11) is 0. The number of amides is 5. The number of carbonyl (C=O) groups is 6. The van der Waals surface area contributed by atoms with Gasteiger partial charge in [0.1, 0.15) is 18.1 Å². The molecule has 5 amide bonds. The first-order chi connectivity index (χ1) is 15.3. The van der Waals surface area contributed by atoms with E-state index in [-0.39, 0.29) is 6.42 Å². The molecule has 0 rings (SSSR count). The molecule has 0 aromatic rings. The van der Waals surface area contributed by atoms with Crippen LogP contribution in [-0.2, 0) is 28.8 Å². The molecule has 0 spiro atoms. The minimum absolute atomic E-state index is 0.0410. The van der Waals surface area contributed by atoms with Crippen LogP contribution < -0.4 is 38.9 Å². The number of rotatable bonds is 16. The van der Waals surface area contributed by atoms with Gasteiger partial charge in [0.2, 0.25) is 29.5 Å². The van der Waals surface area contributed by atoms with Crippen LogP contribution in [0.15, 0.2) is 0 Å². The van der Waals surface area contributed by atoms with Gasteiger partial charge in [-0.2, -0.15) is 0 Å². The van der Waals surface area contributed by atoms with E-state index in [2.05, 4.69) is 16.0 Å². The Labute approximate surface area is 190 Å². The van der Waals surface area contributed by atoms with Crippen molar-refractivity contribution in [3.63, 3.8) is 0 Å². The number of aliphatic hydroxyl groups is 1. The van der Waals surface area contributed by atoms with Crippen molar-refractivity contribution in [2.45, 2.75) is 69.3 Å². The highest BCUT2D eigenvalue weighted by atomic mass is 16.4. The smallest absolute Gasteiger partial charge is 0.326 e. The van der Waals surface area contributed by atoms with Crippen LogP contribution >= 0.6 is 0 Å². The molecular formula is C18H33N7O8. The molecule has 0 bridgehead atoms. The van der Waals surface area contributed by atoms with Gasteiger partial charge in [0, 0.05) is 0 Å². The number of unbranched alkanes of at least 4 members (excludes halogenated alkanes) is 1. The van der Waals surface area contributed by atoms with Crippen molar-refractivity contribution < 1.29 is 39.0 Å². The van der Waals surface area contributed by atoms with Crippen molar-refractivity contribution in [1.29, 1.82) is 0 Å². The zero-order valence-electron chi connectivity index (χ0n) is 18.3. The summed E-state index contributed by atoms with van der Waals surface area (Å²) < 4.78 is 0. The second-order valence-corrected chi connectivity index (χ2v) is 7.42. The third kappa shape index (κ3) is 11.8. The summed E-state index contributed by atoms with van der Waals surface area (Å²) in [5.74, 6) is -6.15. The maximum atomic E-state index is 12.7. The summed E-state index contributed by atoms with van der Waals surface area (Å²) in [6, 6.07) is -5.83. The van der Waals surface area contributed by atoms with E-state index in [9.17, 15) is 39.0 Å². The van der Waals surface area contributed by atoms with Gasteiger partial charge in [0.05, 0.1) is 25.0 Å². The Morgan fingerprint density at radius 1 is 0.818 bits per heavy atom. The van der Waals surface area contributed by atoms with Gasteiger partial charge in [-0.05, 0) is 32.7 Å². The number of nitrogens with one attached hydrogen (secondary N) is 3. The lowest BCUT2D eigenvalue weighted by Crippen LogP contribution is -2.60. The van der Waals surface area contributed by atoms with E-state index in [4.69, 9.17) is 22.9 Å². The standard InChI is InChI=1S/C18H33N7O8/c1-8(26)14(25-15(29)9(20)6-12(21)27)17(31)23-10(4-2-3-5-19)16(30)24-11(18(32)33)7-13(22)28/h8-11,14,26H,2-7,19-20H2,1H3,(H2,21,27)(H2,22,28)(H,23,31)(H,24,30)(H,25,29)(H,32,33). The maximum Gasteiger partial charge on any atom is 0.326 e. The molecule has 0 saturated heterocycles. The Bertz CT molecular complexity index is 731. The molecule has 0 heterocycles. The van der Waals surface area contributed by atoms with Crippen molar-refractivity contribution in [3.8, 4) is 0 Å². The quantitative estimate of drug-likeness (QED) is 0.0958. The molecule has 0 radical (unpaired) electrons. The number of carboxylic acid groups (broad SMARTS) is 1. The first-order valence-electron chi connectivity index (χ1n) is 10.1. The number of nitrogens with two attached hydrogens (primary N) is 4. The van der Waals surface area contributed by atoms with Crippen molar-refractivity contribution in [2.75, 3.05) is 6.54 Å². The molecule has 0 aromatic heterocycles. The number of aliphatic hydroxyl groups excluding tert-OH is 1. The monoisotopic (exact) mass is 475 g/mol. The highest BCUT2D eigenvalue weighted by Gasteiger charge is 2.32. The van der Waals surface area contributed by atoms with Crippen molar-refractivity contribution in [1.82, 2.24) is 16.0 Å². The topological polar surface area (TPSA) is 283 Å². The first kappa shape index (κ1) is 29.7. The Morgan fingerprint density at radius 2 is 1.36 bits per heavy atom. The molecule has 5 unspecified atom stereocenters. The zero-order valence-corrected chi connectivity index (χ0v) is 18.3. The number of aliphatic carboxylic acids is 1. The Kier molecular flexibility index (Phi) is 13.2. The molecular weight excluding hydrogens is 442 g/mol. The van der Waals surface area contributed by atoms with Crippen LogP contribution in [0.3, 0.4) is 0 Å². The molecule has 0 aliphatic rings. The summed E-state index contributed by atoms with van der Waals surface area (Å²) in [4.78, 5) is 70.7. The van der Waals surface area contributed by atoms with E-state index >= 15 is 0 Å². The predicted octanol–water partition coefficient (Wildman–Crippen LogP) is -4.89. The SMILES string of the molecule is CC(O)C(NC(=O)C(N)CC(N)=O)C(=O)NC(CCCCN)C(=O)NC(CC(N)=O)C(=O)O. The second-order valence-electron chi connectivity index (χ2n) is 7.42. The average molecular weight is 476 g/mol. The summed E-state index contributed by atoms with van der Waals surface area (Å²) in [5.41, 5.74) is 20.9. The number of primary amides is 2. The molecule has 0 saturated carbocycles. The fourth-order valence-corrected chi connectivity index (χ4v) is 2.67. The summed E-state index contributed by atoms with van der Waals surface area (Å²) in [6.07, 6.45) is -1.70. The Balaban J connectivity index is 5.47. The van der Waals surface area contributed by atoms with Crippen LogP contribution in [0.25, 0.3) is 0 Å². The molecule has 15 nitrogen and oxygen atoms in total. The van der Waals surface area contributed by atoms with E-state index in [1.165, 1.54) is 6.92 Å². The molecule has 0 fully saturated rings. The van der Waals surface area contributed by atoms with Crippen LogP contribution in [0.5, 0.6) is 0 Å². The van der Waals surface area contributed by atoms with Gasteiger partial charge < -0.3 is 49.1 Å². The lowest BCUT2D eigenvalue weighted by atomic mass is 10.1. The normalized spacial score (nSPS) is 15.3. The first-order valence-corrected chi connectivity index (χ1v) is 10.1. The zero-order chi connectivity index (χ0) is 25.7. The third-order valence-electron chi connectivity index (χ3n) is 4.42. The Morgan fingerprint density at radius 3 is 1.82 bits per heavy atom. The van der Waals surface area contributed by atoms with Crippen LogP contribution in [0.4, 0.5) is 0 Å². The van der Waals surface area contributed by atoms with Crippen LogP contribution in [0, 0.1) is 0 Å². The van der Waals surface area contributed by atoms with Gasteiger partial charge in [0.25, 0.3) is 0 Å². The molecule has 15 heteroatoms. The van der Waals surface area contributed by atoms with Gasteiger partial charge in [0.15, 0.2) is 0 Å². The summed E-state index contributed by atoms with van der Waals surface area (Å²) >= 11 is 0. The van der Waals surface area contributed by atoms with Crippen LogP contribution in [0.1, 0.15) is 39.0 Å². The maximum absolute atomic E-state index is 12.7. The third-order valence-corrected chi connectivity index (χ3v) is 4.42. The van der Waals surface area contributed by atoms with Crippen molar-refractivity contribution >= 4 is 35.5 Å². The lowest BCUT2D eigenvalue weighted by Gasteiger charge is -2.26. The number of carboxylic acids is 1. The van der Waals surface area contributed by atoms with Gasteiger partial charge in [-0.15, -0.1) is 0 Å². The highest BCUT2D eigenvalue weighted by Crippen LogP contribution is 2.05. The lowest BCUT2D eigenvalue weighted by molar-refractivity contribution is -0.144. The molecule has 0 aliphatic carbocycles. The molecule has 13 N–H and O–H groups in total. The van der Waals surface area contributed by atoms with E-state index in [0.717, 1.165) is 0 Å². The summed E-state index contributed by atoms with van der Waals surface area (Å²) in [6.45, 7) is 1.49. The number of carbonyl (C=O) groups excluding carboxylic acids is 5. The minimum atomic E-state index is -1.62. The van der Waals surface area contributed by atoms with Crippen molar-refractivity contribution in [3.05, 3.63) is 0 Å². The number of hydrogen-bond donors (Lipinski definition) is 9. The van der Waals surface area contributed by atoms with E-state index < -0.39 is 78.6 Å². The molecule has 0 aliphatic heterocycles. The molecule has 5 atom stereocenters. The van der Waals surface area contributed by atoms with E-state index in [1.807, 2.05) is 0 Å². The van der Waals surface area contributed by atoms with E-state index in [1.54, 1.807) is 0 Å². The van der Waals surface area contributed by atoms with Gasteiger partial charge in [-0.1, -0.05) is 0 Å². The summed E-state index contributed by atoms with van der Waals surface area (Å²) in [5, 5.41) is 25.7. The molecule has 33 heavy (non-hydrogen) atoms. The predicted molar refractivity (Wildman–Crippen MR) is 114 cm³/mol. The highest BCUT2D eigenvalue weighted by molar-refractivity contribution is 5.95. The second kappa shape index (κ2) is 14.7. The van der Waals surface area contributed by atoms with Gasteiger partial charge in [-0.25, -0.2) is 4.79 Å². The van der Waals surface area contributed by atoms with Crippen LogP contribution in [0.2, 0.25) is 0 Å². The minimum Gasteiger partial charge on any atom is -0.480 e. The van der Waals surface area contributed by atoms with Crippen molar-refractivity contribution in [2.24, 2.45) is 22.9 Å². The van der Waals surface area contributed by atoms with E-state index in [0.29, 0.717) is 19.4 Å². The fraction of sp³-hybridized carbons (Fsp3) is 0.667. The van der Waals surface area contributed by atoms with Gasteiger partial charge in [-0.3, -0.25) is 24.0 Å². The largest absolute Gasteiger partial charge is 0.480 e. The molecule has 188 valence electrons. The Hall–Kier alpha value is -3.30. The average Bonchev–Trinajstić information content (AvgIpc) is 2.69. The van der Waals surface area contributed by atoms with Gasteiger partial charge >= 0.3 is 5.97 Å².